The maximum atomic E-state index is 10.5. The molecule has 0 amide bonds. The summed E-state index contributed by atoms with van der Waals surface area (Å²) in [6.45, 7) is 16.7. The largest absolute Gasteiger partial charge is 0.379 e. The summed E-state index contributed by atoms with van der Waals surface area (Å²) < 4.78 is 0. The first-order valence-electron chi connectivity index (χ1n) is 8.47. The molecule has 0 aliphatic heterocycles. The molecule has 0 heterocycles. The number of benzene rings is 1. The standard InChI is InChI=1S/C19H33NOSi2/c1-17(19(21)13-14-22(2,3)4)20(16-23(5,6)7)15-18-11-9-8-10-12-18/h8-12,17,19,21H,15-16H2,1-7H3/t17-,19-/m0/s1. The minimum Gasteiger partial charge on any atom is -0.379 e. The van der Waals surface area contributed by atoms with Crippen molar-refractivity contribution in [1.82, 2.24) is 4.90 Å². The Balaban J connectivity index is 2.91. The van der Waals surface area contributed by atoms with Crippen LogP contribution in [0.25, 0.3) is 0 Å². The average molecular weight is 348 g/mol. The lowest BCUT2D eigenvalue weighted by Crippen LogP contribution is -2.48. The van der Waals surface area contributed by atoms with Gasteiger partial charge in [0, 0.05) is 12.6 Å². The quantitative estimate of drug-likeness (QED) is 0.621. The second kappa shape index (κ2) is 8.30. The van der Waals surface area contributed by atoms with Crippen LogP contribution in [0, 0.1) is 11.5 Å². The van der Waals surface area contributed by atoms with Gasteiger partial charge in [0.25, 0.3) is 0 Å². The van der Waals surface area contributed by atoms with E-state index in [1.54, 1.807) is 0 Å². The van der Waals surface area contributed by atoms with E-state index < -0.39 is 22.3 Å². The van der Waals surface area contributed by atoms with E-state index in [4.69, 9.17) is 0 Å². The van der Waals surface area contributed by atoms with Gasteiger partial charge in [0.15, 0.2) is 0 Å². The molecule has 1 N–H and O–H groups in total. The maximum absolute atomic E-state index is 10.5. The van der Waals surface area contributed by atoms with Gasteiger partial charge in [-0.2, -0.15) is 0 Å². The van der Waals surface area contributed by atoms with Gasteiger partial charge in [-0.25, -0.2) is 0 Å². The number of hydrogen-bond acceptors (Lipinski definition) is 2. The number of nitrogens with zero attached hydrogens (tertiary/aromatic N) is 1. The Labute approximate surface area is 144 Å². The predicted molar refractivity (Wildman–Crippen MR) is 107 cm³/mol. The van der Waals surface area contributed by atoms with E-state index in [9.17, 15) is 5.11 Å². The molecule has 0 aliphatic rings. The minimum absolute atomic E-state index is 0.0470. The summed E-state index contributed by atoms with van der Waals surface area (Å²) in [5.41, 5.74) is 4.60. The highest BCUT2D eigenvalue weighted by atomic mass is 28.3. The van der Waals surface area contributed by atoms with Crippen molar-refractivity contribution >= 4 is 16.1 Å². The zero-order chi connectivity index (χ0) is 17.7. The topological polar surface area (TPSA) is 23.5 Å². The fourth-order valence-corrected chi connectivity index (χ4v) is 4.58. The van der Waals surface area contributed by atoms with Gasteiger partial charge in [-0.15, -0.1) is 5.54 Å². The smallest absolute Gasteiger partial charge is 0.129 e. The Hall–Kier alpha value is -0.866. The van der Waals surface area contributed by atoms with Gasteiger partial charge in [0.05, 0.1) is 8.07 Å². The number of aliphatic hydroxyl groups is 1. The van der Waals surface area contributed by atoms with Crippen LogP contribution in [0.5, 0.6) is 0 Å². The van der Waals surface area contributed by atoms with Crippen molar-refractivity contribution in [3.05, 3.63) is 35.9 Å². The lowest BCUT2D eigenvalue weighted by atomic mass is 10.1. The van der Waals surface area contributed by atoms with E-state index in [2.05, 4.69) is 86.8 Å². The van der Waals surface area contributed by atoms with Gasteiger partial charge in [0.1, 0.15) is 14.2 Å². The first kappa shape index (κ1) is 20.2. The molecule has 0 saturated heterocycles. The highest BCUT2D eigenvalue weighted by Crippen LogP contribution is 2.15. The zero-order valence-electron chi connectivity index (χ0n) is 15.9. The summed E-state index contributed by atoms with van der Waals surface area (Å²) in [6.07, 6.45) is 0.483. The number of aliphatic hydroxyl groups excluding tert-OH is 1. The molecule has 2 atom stereocenters. The normalized spacial score (nSPS) is 15.0. The van der Waals surface area contributed by atoms with Crippen LogP contribution in [0.3, 0.4) is 0 Å². The van der Waals surface area contributed by atoms with Crippen LogP contribution >= 0.6 is 0 Å². The van der Waals surface area contributed by atoms with Crippen LogP contribution in [0.1, 0.15) is 12.5 Å². The van der Waals surface area contributed by atoms with Gasteiger partial charge in [-0.1, -0.05) is 75.5 Å². The van der Waals surface area contributed by atoms with Crippen LogP contribution < -0.4 is 0 Å². The summed E-state index contributed by atoms with van der Waals surface area (Å²) in [7, 11) is -2.72. The number of rotatable bonds is 6. The molecule has 0 aromatic heterocycles. The zero-order valence-corrected chi connectivity index (χ0v) is 17.9. The van der Waals surface area contributed by atoms with Crippen molar-refractivity contribution in [3.8, 4) is 11.5 Å². The Kier molecular flexibility index (Phi) is 7.28. The molecule has 23 heavy (non-hydrogen) atoms. The molecule has 1 aromatic carbocycles. The van der Waals surface area contributed by atoms with Gasteiger partial charge in [-0.3, -0.25) is 4.90 Å². The van der Waals surface area contributed by atoms with E-state index in [0.717, 1.165) is 12.7 Å². The Morgan fingerprint density at radius 1 is 1.04 bits per heavy atom. The van der Waals surface area contributed by atoms with E-state index >= 15 is 0 Å². The van der Waals surface area contributed by atoms with Crippen molar-refractivity contribution in [3.63, 3.8) is 0 Å². The second-order valence-corrected chi connectivity index (χ2v) is 18.8. The van der Waals surface area contributed by atoms with Gasteiger partial charge < -0.3 is 5.11 Å². The van der Waals surface area contributed by atoms with Crippen LogP contribution in [0.4, 0.5) is 0 Å². The van der Waals surface area contributed by atoms with Crippen LogP contribution in [-0.4, -0.2) is 44.5 Å². The third kappa shape index (κ3) is 8.52. The first-order chi connectivity index (χ1) is 10.5. The third-order valence-electron chi connectivity index (χ3n) is 3.53. The van der Waals surface area contributed by atoms with Crippen molar-refractivity contribution in [2.75, 3.05) is 6.17 Å². The van der Waals surface area contributed by atoms with Crippen molar-refractivity contribution < 1.29 is 5.11 Å². The summed E-state index contributed by atoms with van der Waals surface area (Å²) in [5.74, 6) is 3.12. The molecular formula is C19H33NOSi2. The summed E-state index contributed by atoms with van der Waals surface area (Å²) >= 11 is 0. The summed E-state index contributed by atoms with van der Waals surface area (Å²) in [4.78, 5) is 2.41. The molecule has 4 heteroatoms. The Morgan fingerprint density at radius 2 is 1.61 bits per heavy atom. The van der Waals surface area contributed by atoms with Crippen LogP contribution in [-0.2, 0) is 6.54 Å². The molecule has 0 bridgehead atoms. The molecule has 0 spiro atoms. The van der Waals surface area contributed by atoms with Crippen molar-refractivity contribution in [2.45, 2.75) is 64.9 Å². The highest BCUT2D eigenvalue weighted by molar-refractivity contribution is 6.83. The lowest BCUT2D eigenvalue weighted by molar-refractivity contribution is 0.101. The van der Waals surface area contributed by atoms with Gasteiger partial charge >= 0.3 is 0 Å². The molecule has 0 unspecified atom stereocenters. The minimum atomic E-state index is -1.45. The molecule has 0 aliphatic carbocycles. The van der Waals surface area contributed by atoms with Crippen molar-refractivity contribution in [2.24, 2.45) is 0 Å². The molecule has 128 valence electrons. The monoisotopic (exact) mass is 347 g/mol. The van der Waals surface area contributed by atoms with Gasteiger partial charge in [-0.05, 0) is 18.7 Å². The highest BCUT2D eigenvalue weighted by Gasteiger charge is 2.26. The summed E-state index contributed by atoms with van der Waals surface area (Å²) in [5, 5.41) is 10.5. The third-order valence-corrected chi connectivity index (χ3v) is 5.78. The molecule has 1 aromatic rings. The van der Waals surface area contributed by atoms with Crippen molar-refractivity contribution in [1.29, 1.82) is 0 Å². The predicted octanol–water partition coefficient (Wildman–Crippen LogP) is 4.00. The Morgan fingerprint density at radius 3 is 2.09 bits per heavy atom. The SMILES string of the molecule is C[C@@H]([C@@H](O)C#C[Si](C)(C)C)N(Cc1ccccc1)C[Si](C)(C)C. The average Bonchev–Trinajstić information content (AvgIpc) is 2.42. The maximum Gasteiger partial charge on any atom is 0.129 e. The van der Waals surface area contributed by atoms with E-state index in [-0.39, 0.29) is 6.04 Å². The Bertz CT molecular complexity index is 534. The molecule has 0 fully saturated rings. The molecule has 2 nitrogen and oxygen atoms in total. The molecule has 1 rings (SSSR count). The molecule has 0 radical (unpaired) electrons. The second-order valence-electron chi connectivity index (χ2n) is 8.66. The fourth-order valence-electron chi connectivity index (χ4n) is 2.38. The van der Waals surface area contributed by atoms with Gasteiger partial charge in [0.2, 0.25) is 0 Å². The lowest BCUT2D eigenvalue weighted by Gasteiger charge is -2.35. The molecular weight excluding hydrogens is 314 g/mol. The number of hydrogen-bond donors (Lipinski definition) is 1. The summed E-state index contributed by atoms with van der Waals surface area (Å²) in [6, 6.07) is 10.6. The molecule has 0 saturated carbocycles. The van der Waals surface area contributed by atoms with E-state index in [1.807, 2.05) is 6.07 Å². The van der Waals surface area contributed by atoms with Crippen LogP contribution in [0.2, 0.25) is 39.3 Å². The van der Waals surface area contributed by atoms with Crippen LogP contribution in [0.15, 0.2) is 30.3 Å². The van der Waals surface area contributed by atoms with E-state index in [0.29, 0.717) is 0 Å². The van der Waals surface area contributed by atoms with E-state index in [1.165, 1.54) is 5.56 Å². The first-order valence-corrected chi connectivity index (χ1v) is 15.7. The fraction of sp³-hybridized carbons (Fsp3) is 0.579.